The lowest BCUT2D eigenvalue weighted by Crippen LogP contribution is -2.34. The van der Waals surface area contributed by atoms with E-state index in [2.05, 4.69) is 23.3 Å². The molecule has 0 spiro atoms. The average Bonchev–Trinajstić information content (AvgIpc) is 3.27. The molecule has 2 heterocycles. The number of aryl methyl sites for hydroxylation is 2. The highest BCUT2D eigenvalue weighted by Crippen LogP contribution is 2.32. The van der Waals surface area contributed by atoms with Gasteiger partial charge in [0.15, 0.2) is 0 Å². The molecule has 1 atom stereocenters. The highest BCUT2D eigenvalue weighted by atomic mass is 32.1. The van der Waals surface area contributed by atoms with Crippen molar-refractivity contribution in [3.63, 3.8) is 0 Å². The molecule has 4 rings (SSSR count). The molecule has 2 aromatic carbocycles. The van der Waals surface area contributed by atoms with E-state index in [4.69, 9.17) is 9.47 Å². The molecule has 0 radical (unpaired) electrons. The fourth-order valence-electron chi connectivity index (χ4n) is 3.90. The molecule has 4 aromatic rings. The number of thiophene rings is 1. The second-order valence-electron chi connectivity index (χ2n) is 8.20. The van der Waals surface area contributed by atoms with Gasteiger partial charge in [0.05, 0.1) is 32.0 Å². The summed E-state index contributed by atoms with van der Waals surface area (Å²) in [7, 11) is 3.16. The second-order valence-corrected chi connectivity index (χ2v) is 9.06. The van der Waals surface area contributed by atoms with Crippen molar-refractivity contribution in [1.82, 2.24) is 14.9 Å². The third-order valence-corrected chi connectivity index (χ3v) is 6.86. The topological polar surface area (TPSA) is 82.4 Å². The Balaban J connectivity index is 1.60. The van der Waals surface area contributed by atoms with Crippen molar-refractivity contribution in [3.8, 4) is 22.6 Å². The van der Waals surface area contributed by atoms with Crippen molar-refractivity contribution < 1.29 is 14.3 Å². The summed E-state index contributed by atoms with van der Waals surface area (Å²) < 4.78 is 12.1. The molecule has 0 aliphatic carbocycles. The minimum absolute atomic E-state index is 0.138. The Morgan fingerprint density at radius 3 is 2.62 bits per heavy atom. The van der Waals surface area contributed by atoms with Gasteiger partial charge in [0.25, 0.3) is 5.56 Å². The number of aromatic nitrogens is 2. The van der Waals surface area contributed by atoms with Crippen LogP contribution < -0.4 is 20.3 Å². The SMILES string of the molecule is COc1ccc(OC)c(C(C)NC(=O)Cn2cnc3scc(-c4ccc(C)c(C)c4)c3c2=O)c1. The van der Waals surface area contributed by atoms with E-state index in [0.29, 0.717) is 21.7 Å². The Morgan fingerprint density at radius 1 is 1.12 bits per heavy atom. The third kappa shape index (κ3) is 4.54. The number of carbonyl (C=O) groups excluding carboxylic acids is 1. The number of amides is 1. The van der Waals surface area contributed by atoms with Gasteiger partial charge in [0.1, 0.15) is 22.9 Å². The van der Waals surface area contributed by atoms with E-state index in [9.17, 15) is 9.59 Å². The number of methoxy groups -OCH3 is 2. The van der Waals surface area contributed by atoms with Crippen LogP contribution in [0.4, 0.5) is 0 Å². The molecule has 7 nitrogen and oxygen atoms in total. The smallest absolute Gasteiger partial charge is 0.263 e. The zero-order chi connectivity index (χ0) is 24.4. The minimum atomic E-state index is -0.350. The van der Waals surface area contributed by atoms with Crippen LogP contribution in [-0.4, -0.2) is 29.7 Å². The van der Waals surface area contributed by atoms with Gasteiger partial charge in [-0.3, -0.25) is 14.2 Å². The van der Waals surface area contributed by atoms with Crippen molar-refractivity contribution >= 4 is 27.5 Å². The fraction of sp³-hybridized carbons (Fsp3) is 0.269. The number of fused-ring (bicyclic) bond motifs is 1. The van der Waals surface area contributed by atoms with Crippen molar-refractivity contribution in [2.24, 2.45) is 0 Å². The maximum Gasteiger partial charge on any atom is 0.263 e. The Bertz CT molecular complexity index is 1420. The molecule has 34 heavy (non-hydrogen) atoms. The molecule has 0 saturated heterocycles. The van der Waals surface area contributed by atoms with Crippen molar-refractivity contribution in [2.75, 3.05) is 14.2 Å². The molecule has 0 aliphatic rings. The predicted molar refractivity (Wildman–Crippen MR) is 135 cm³/mol. The summed E-state index contributed by atoms with van der Waals surface area (Å²) in [4.78, 5) is 31.3. The lowest BCUT2D eigenvalue weighted by atomic mass is 10.0. The molecule has 1 amide bonds. The van der Waals surface area contributed by atoms with Gasteiger partial charge >= 0.3 is 0 Å². The Labute approximate surface area is 202 Å². The van der Waals surface area contributed by atoms with Gasteiger partial charge in [0.2, 0.25) is 5.91 Å². The third-order valence-electron chi connectivity index (χ3n) is 5.97. The second kappa shape index (κ2) is 9.69. The summed E-state index contributed by atoms with van der Waals surface area (Å²) in [5.41, 5.74) is 4.70. The number of nitrogens with one attached hydrogen (secondary N) is 1. The standard InChI is InChI=1S/C26H27N3O4S/c1-15-6-7-18(10-16(15)2)21-13-34-25-24(21)26(31)29(14-27-25)12-23(30)28-17(3)20-11-19(32-4)8-9-22(20)33-5/h6-11,13-14,17H,12H2,1-5H3,(H,28,30). The first-order valence-electron chi connectivity index (χ1n) is 10.9. The average molecular weight is 478 g/mol. The van der Waals surface area contributed by atoms with E-state index >= 15 is 0 Å². The first kappa shape index (κ1) is 23.5. The number of ether oxygens (including phenoxy) is 2. The maximum absolute atomic E-state index is 13.3. The Hall–Kier alpha value is -3.65. The van der Waals surface area contributed by atoms with Crippen LogP contribution in [0.5, 0.6) is 11.5 Å². The van der Waals surface area contributed by atoms with Crippen LogP contribution in [0.2, 0.25) is 0 Å². The molecule has 0 saturated carbocycles. The molecule has 176 valence electrons. The molecule has 0 aliphatic heterocycles. The van der Waals surface area contributed by atoms with Crippen LogP contribution in [-0.2, 0) is 11.3 Å². The molecular weight excluding hydrogens is 450 g/mol. The fourth-order valence-corrected chi connectivity index (χ4v) is 4.81. The van der Waals surface area contributed by atoms with Crippen LogP contribution in [0.25, 0.3) is 21.3 Å². The molecule has 1 N–H and O–H groups in total. The summed E-state index contributed by atoms with van der Waals surface area (Å²) in [5, 5.41) is 5.42. The number of rotatable bonds is 7. The van der Waals surface area contributed by atoms with Crippen molar-refractivity contribution in [3.05, 3.63) is 75.1 Å². The zero-order valence-corrected chi connectivity index (χ0v) is 20.7. The first-order chi connectivity index (χ1) is 16.3. The van der Waals surface area contributed by atoms with Gasteiger partial charge in [-0.25, -0.2) is 4.98 Å². The molecule has 8 heteroatoms. The number of benzene rings is 2. The highest BCUT2D eigenvalue weighted by Gasteiger charge is 2.18. The van der Waals surface area contributed by atoms with Gasteiger partial charge in [-0.1, -0.05) is 18.2 Å². The van der Waals surface area contributed by atoms with Crippen LogP contribution in [0.3, 0.4) is 0 Å². The molecular formula is C26H27N3O4S. The van der Waals surface area contributed by atoms with Gasteiger partial charge in [-0.05, 0) is 55.7 Å². The number of carbonyl (C=O) groups is 1. The zero-order valence-electron chi connectivity index (χ0n) is 19.8. The Morgan fingerprint density at radius 2 is 1.91 bits per heavy atom. The van der Waals surface area contributed by atoms with Crippen LogP contribution in [0.1, 0.15) is 29.7 Å². The summed E-state index contributed by atoms with van der Waals surface area (Å²) in [5.74, 6) is 1.01. The largest absolute Gasteiger partial charge is 0.497 e. The molecule has 2 aromatic heterocycles. The number of hydrogen-bond acceptors (Lipinski definition) is 6. The van der Waals surface area contributed by atoms with E-state index in [-0.39, 0.29) is 24.1 Å². The summed E-state index contributed by atoms with van der Waals surface area (Å²) in [6.45, 7) is 5.82. The van der Waals surface area contributed by atoms with Gasteiger partial charge in [-0.15, -0.1) is 11.3 Å². The van der Waals surface area contributed by atoms with Crippen LogP contribution in [0.15, 0.2) is 52.9 Å². The monoisotopic (exact) mass is 477 g/mol. The maximum atomic E-state index is 13.3. The number of hydrogen-bond donors (Lipinski definition) is 1. The Kier molecular flexibility index (Phi) is 6.70. The van der Waals surface area contributed by atoms with Gasteiger partial charge in [0, 0.05) is 16.5 Å². The van der Waals surface area contributed by atoms with E-state index in [1.807, 2.05) is 37.4 Å². The number of nitrogens with zero attached hydrogens (tertiary/aromatic N) is 2. The van der Waals surface area contributed by atoms with Crippen LogP contribution in [0, 0.1) is 13.8 Å². The summed E-state index contributed by atoms with van der Waals surface area (Å²) in [6, 6.07) is 11.2. The lowest BCUT2D eigenvalue weighted by molar-refractivity contribution is -0.122. The van der Waals surface area contributed by atoms with E-state index < -0.39 is 0 Å². The predicted octanol–water partition coefficient (Wildman–Crippen LogP) is 4.64. The van der Waals surface area contributed by atoms with Crippen molar-refractivity contribution in [1.29, 1.82) is 0 Å². The van der Waals surface area contributed by atoms with Gasteiger partial charge in [-0.2, -0.15) is 0 Å². The van der Waals surface area contributed by atoms with Gasteiger partial charge < -0.3 is 14.8 Å². The lowest BCUT2D eigenvalue weighted by Gasteiger charge is -2.18. The van der Waals surface area contributed by atoms with E-state index in [0.717, 1.165) is 22.3 Å². The van der Waals surface area contributed by atoms with E-state index in [1.54, 1.807) is 26.4 Å². The minimum Gasteiger partial charge on any atom is -0.497 e. The highest BCUT2D eigenvalue weighted by molar-refractivity contribution is 7.17. The quantitative estimate of drug-likeness (QED) is 0.419. The molecule has 1 unspecified atom stereocenters. The van der Waals surface area contributed by atoms with Crippen LogP contribution >= 0.6 is 11.3 Å². The molecule has 0 bridgehead atoms. The first-order valence-corrected chi connectivity index (χ1v) is 11.8. The summed E-state index contributed by atoms with van der Waals surface area (Å²) in [6.07, 6.45) is 1.43. The molecule has 0 fully saturated rings. The normalized spacial score (nSPS) is 11.9. The van der Waals surface area contributed by atoms with E-state index in [1.165, 1.54) is 27.8 Å². The van der Waals surface area contributed by atoms with Crippen molar-refractivity contribution in [2.45, 2.75) is 33.4 Å². The summed E-state index contributed by atoms with van der Waals surface area (Å²) >= 11 is 1.43.